The Labute approximate surface area is 99.4 Å². The van der Waals surface area contributed by atoms with Crippen LogP contribution in [0, 0.1) is 23.7 Å². The zero-order valence-corrected chi connectivity index (χ0v) is 10.6. The van der Waals surface area contributed by atoms with Gasteiger partial charge in [-0.1, -0.05) is 26.0 Å². The molecule has 0 aliphatic heterocycles. The molecule has 2 nitrogen and oxygen atoms in total. The molecule has 2 heteroatoms. The molecule has 0 aromatic rings. The van der Waals surface area contributed by atoms with E-state index in [-0.39, 0.29) is 0 Å². The van der Waals surface area contributed by atoms with Crippen molar-refractivity contribution < 1.29 is 4.74 Å². The van der Waals surface area contributed by atoms with E-state index in [4.69, 9.17) is 4.74 Å². The van der Waals surface area contributed by atoms with E-state index in [9.17, 15) is 0 Å². The molecule has 2 bridgehead atoms. The van der Waals surface area contributed by atoms with Crippen molar-refractivity contribution in [1.29, 1.82) is 0 Å². The third-order valence-corrected chi connectivity index (χ3v) is 3.70. The van der Waals surface area contributed by atoms with Gasteiger partial charge in [-0.2, -0.15) is 0 Å². The summed E-state index contributed by atoms with van der Waals surface area (Å²) in [6.07, 6.45) is 7.65. The van der Waals surface area contributed by atoms with Crippen LogP contribution in [0.5, 0.6) is 0 Å². The van der Waals surface area contributed by atoms with E-state index in [0.717, 1.165) is 37.5 Å². The van der Waals surface area contributed by atoms with Crippen molar-refractivity contribution in [2.75, 3.05) is 26.3 Å². The van der Waals surface area contributed by atoms with Gasteiger partial charge in [-0.25, -0.2) is 0 Å². The fourth-order valence-electron chi connectivity index (χ4n) is 2.88. The minimum Gasteiger partial charge on any atom is -0.380 e. The number of hydrogen-bond acceptors (Lipinski definition) is 2. The molecule has 92 valence electrons. The van der Waals surface area contributed by atoms with Gasteiger partial charge in [0.25, 0.3) is 0 Å². The molecule has 0 radical (unpaired) electrons. The maximum atomic E-state index is 5.55. The van der Waals surface area contributed by atoms with E-state index >= 15 is 0 Å². The van der Waals surface area contributed by atoms with Gasteiger partial charge in [0.05, 0.1) is 6.61 Å². The Balaban J connectivity index is 1.48. The maximum absolute atomic E-state index is 5.55. The van der Waals surface area contributed by atoms with Gasteiger partial charge in [-0.05, 0) is 43.1 Å². The van der Waals surface area contributed by atoms with Crippen molar-refractivity contribution in [2.24, 2.45) is 23.7 Å². The molecule has 0 amide bonds. The molecule has 0 heterocycles. The molecule has 0 aromatic carbocycles. The van der Waals surface area contributed by atoms with Crippen LogP contribution in [0.25, 0.3) is 0 Å². The molecule has 2 aliphatic rings. The molecule has 1 N–H and O–H groups in total. The summed E-state index contributed by atoms with van der Waals surface area (Å²) in [5.74, 6) is 3.30. The van der Waals surface area contributed by atoms with Crippen molar-refractivity contribution in [1.82, 2.24) is 5.32 Å². The highest BCUT2D eigenvalue weighted by atomic mass is 16.5. The number of nitrogens with one attached hydrogen (secondary N) is 1. The third kappa shape index (κ3) is 3.33. The molecule has 3 unspecified atom stereocenters. The maximum Gasteiger partial charge on any atom is 0.0591 e. The summed E-state index contributed by atoms with van der Waals surface area (Å²) in [5, 5.41) is 3.53. The predicted octanol–water partition coefficient (Wildman–Crippen LogP) is 2.46. The van der Waals surface area contributed by atoms with Gasteiger partial charge in [-0.3, -0.25) is 0 Å². The number of rotatable bonds is 7. The monoisotopic (exact) mass is 223 g/mol. The lowest BCUT2D eigenvalue weighted by atomic mass is 9.94. The molecule has 1 saturated carbocycles. The lowest BCUT2D eigenvalue weighted by Gasteiger charge is -2.18. The number of allylic oxidation sites excluding steroid dienone is 2. The summed E-state index contributed by atoms with van der Waals surface area (Å²) in [6, 6.07) is 0. The fraction of sp³-hybridized carbons (Fsp3) is 0.857. The number of hydrogen-bond donors (Lipinski definition) is 1. The molecular weight excluding hydrogens is 198 g/mol. The Morgan fingerprint density at radius 3 is 2.81 bits per heavy atom. The third-order valence-electron chi connectivity index (χ3n) is 3.70. The SMILES string of the molecule is CC(C)COCCNCC1CC2C=CC1C2. The second-order valence-corrected chi connectivity index (χ2v) is 5.71. The van der Waals surface area contributed by atoms with Crippen LogP contribution in [0.1, 0.15) is 26.7 Å². The second kappa shape index (κ2) is 5.83. The van der Waals surface area contributed by atoms with Crippen LogP contribution in [0.4, 0.5) is 0 Å². The van der Waals surface area contributed by atoms with Crippen LogP contribution in [-0.2, 0) is 4.74 Å². The highest BCUT2D eigenvalue weighted by molar-refractivity contribution is 5.10. The van der Waals surface area contributed by atoms with Gasteiger partial charge in [0.2, 0.25) is 0 Å². The van der Waals surface area contributed by atoms with Gasteiger partial charge in [0, 0.05) is 13.2 Å². The smallest absolute Gasteiger partial charge is 0.0591 e. The lowest BCUT2D eigenvalue weighted by Crippen LogP contribution is -2.28. The fourth-order valence-corrected chi connectivity index (χ4v) is 2.88. The largest absolute Gasteiger partial charge is 0.380 e. The van der Waals surface area contributed by atoms with E-state index in [2.05, 4.69) is 31.3 Å². The quantitative estimate of drug-likeness (QED) is 0.529. The first kappa shape index (κ1) is 12.1. The van der Waals surface area contributed by atoms with E-state index in [1.165, 1.54) is 19.4 Å². The Kier molecular flexibility index (Phi) is 4.42. The van der Waals surface area contributed by atoms with Crippen molar-refractivity contribution >= 4 is 0 Å². The minimum absolute atomic E-state index is 0.649. The van der Waals surface area contributed by atoms with Gasteiger partial charge >= 0.3 is 0 Å². The molecule has 0 saturated heterocycles. The molecular formula is C14H25NO. The standard InChI is InChI=1S/C14H25NO/c1-11(2)10-16-6-5-15-9-14-8-12-3-4-13(14)7-12/h3-4,11-15H,5-10H2,1-2H3. The number of fused-ring (bicyclic) bond motifs is 2. The van der Waals surface area contributed by atoms with E-state index in [1.54, 1.807) is 0 Å². The first-order valence-corrected chi connectivity index (χ1v) is 6.72. The Bertz CT molecular complexity index is 237. The van der Waals surface area contributed by atoms with Crippen LogP contribution < -0.4 is 5.32 Å². The Morgan fingerprint density at radius 1 is 1.31 bits per heavy atom. The average Bonchev–Trinajstić information content (AvgIpc) is 2.84. The van der Waals surface area contributed by atoms with E-state index in [0.29, 0.717) is 5.92 Å². The zero-order valence-electron chi connectivity index (χ0n) is 10.6. The molecule has 0 aromatic heterocycles. The van der Waals surface area contributed by atoms with Crippen molar-refractivity contribution in [3.63, 3.8) is 0 Å². The Hall–Kier alpha value is -0.340. The summed E-state index contributed by atoms with van der Waals surface area (Å²) in [6.45, 7) is 8.30. The topological polar surface area (TPSA) is 21.3 Å². The summed E-state index contributed by atoms with van der Waals surface area (Å²) in [7, 11) is 0. The van der Waals surface area contributed by atoms with E-state index < -0.39 is 0 Å². The van der Waals surface area contributed by atoms with Gasteiger partial charge in [0.15, 0.2) is 0 Å². The van der Waals surface area contributed by atoms with Crippen LogP contribution >= 0.6 is 0 Å². The van der Waals surface area contributed by atoms with Gasteiger partial charge in [-0.15, -0.1) is 0 Å². The predicted molar refractivity (Wildman–Crippen MR) is 67.4 cm³/mol. The average molecular weight is 223 g/mol. The first-order chi connectivity index (χ1) is 7.75. The summed E-state index contributed by atoms with van der Waals surface area (Å²) >= 11 is 0. The molecule has 3 atom stereocenters. The summed E-state index contributed by atoms with van der Waals surface area (Å²) in [4.78, 5) is 0. The molecule has 1 fully saturated rings. The normalized spacial score (nSPS) is 31.8. The van der Waals surface area contributed by atoms with E-state index in [1.807, 2.05) is 0 Å². The van der Waals surface area contributed by atoms with Crippen LogP contribution in [0.2, 0.25) is 0 Å². The van der Waals surface area contributed by atoms with Crippen LogP contribution in [0.15, 0.2) is 12.2 Å². The molecule has 16 heavy (non-hydrogen) atoms. The number of ether oxygens (including phenoxy) is 1. The minimum atomic E-state index is 0.649. The van der Waals surface area contributed by atoms with Gasteiger partial charge in [0.1, 0.15) is 0 Å². The zero-order chi connectivity index (χ0) is 11.4. The van der Waals surface area contributed by atoms with Crippen LogP contribution in [0.3, 0.4) is 0 Å². The molecule has 2 aliphatic carbocycles. The molecule has 2 rings (SSSR count). The summed E-state index contributed by atoms with van der Waals surface area (Å²) < 4.78 is 5.55. The van der Waals surface area contributed by atoms with Crippen molar-refractivity contribution in [3.05, 3.63) is 12.2 Å². The summed E-state index contributed by atoms with van der Waals surface area (Å²) in [5.41, 5.74) is 0. The van der Waals surface area contributed by atoms with Crippen molar-refractivity contribution in [3.8, 4) is 0 Å². The van der Waals surface area contributed by atoms with Gasteiger partial charge < -0.3 is 10.1 Å². The Morgan fingerprint density at radius 2 is 2.19 bits per heavy atom. The second-order valence-electron chi connectivity index (χ2n) is 5.71. The highest BCUT2D eigenvalue weighted by Gasteiger charge is 2.34. The lowest BCUT2D eigenvalue weighted by molar-refractivity contribution is 0.111. The first-order valence-electron chi connectivity index (χ1n) is 6.72. The molecule has 0 spiro atoms. The van der Waals surface area contributed by atoms with Crippen molar-refractivity contribution in [2.45, 2.75) is 26.7 Å². The van der Waals surface area contributed by atoms with Crippen LogP contribution in [-0.4, -0.2) is 26.3 Å². The highest BCUT2D eigenvalue weighted by Crippen LogP contribution is 2.42.